The minimum Gasteiger partial charge on any atom is -0.480 e. The number of aromatic nitrogens is 2. The summed E-state index contributed by atoms with van der Waals surface area (Å²) in [5.41, 5.74) is 13.0. The molecule has 2 rings (SSSR count). The molecule has 1 aromatic heterocycles. The Kier molecular flexibility index (Phi) is 13.1. The van der Waals surface area contributed by atoms with Crippen molar-refractivity contribution in [3.05, 3.63) is 54.1 Å². The van der Waals surface area contributed by atoms with E-state index >= 15 is 0 Å². The van der Waals surface area contributed by atoms with Crippen LogP contribution in [0.1, 0.15) is 50.8 Å². The van der Waals surface area contributed by atoms with Gasteiger partial charge in [-0.05, 0) is 43.7 Å². The molecule has 12 heteroatoms. The number of hydrogen-bond donors (Lipinski definition) is 7. The summed E-state index contributed by atoms with van der Waals surface area (Å²) in [6.45, 7) is 4.30. The maximum Gasteiger partial charge on any atom is 0.326 e. The predicted molar refractivity (Wildman–Crippen MR) is 146 cm³/mol. The fraction of sp³-hybridized carbons (Fsp3) is 0.519. The minimum absolute atomic E-state index is 0.00896. The number of rotatable bonds is 17. The predicted octanol–water partition coefficient (Wildman–Crippen LogP) is 0.236. The number of nitrogens with two attached hydrogens (primary N) is 2. The Morgan fingerprint density at radius 3 is 2.15 bits per heavy atom. The van der Waals surface area contributed by atoms with Gasteiger partial charge in [0.2, 0.25) is 17.7 Å². The summed E-state index contributed by atoms with van der Waals surface area (Å²) in [4.78, 5) is 58.0. The molecule has 0 bridgehead atoms. The van der Waals surface area contributed by atoms with Crippen LogP contribution in [0.2, 0.25) is 0 Å². The van der Waals surface area contributed by atoms with Crippen molar-refractivity contribution in [3.63, 3.8) is 0 Å². The molecule has 39 heavy (non-hydrogen) atoms. The molecular weight excluding hydrogens is 502 g/mol. The quantitative estimate of drug-likeness (QED) is 0.137. The van der Waals surface area contributed by atoms with Crippen LogP contribution in [0.3, 0.4) is 0 Å². The molecule has 12 nitrogen and oxygen atoms in total. The third kappa shape index (κ3) is 11.2. The highest BCUT2D eigenvalue weighted by Crippen LogP contribution is 2.09. The number of carboxylic acid groups (broad SMARTS) is 1. The molecular formula is C27H41N7O5. The lowest BCUT2D eigenvalue weighted by Crippen LogP contribution is -2.57. The average molecular weight is 544 g/mol. The summed E-state index contributed by atoms with van der Waals surface area (Å²) in [6, 6.07) is 5.10. The van der Waals surface area contributed by atoms with Crippen LogP contribution in [0.4, 0.5) is 0 Å². The van der Waals surface area contributed by atoms with Crippen LogP contribution in [-0.4, -0.2) is 69.5 Å². The lowest BCUT2D eigenvalue weighted by atomic mass is 10.0. The Hall–Kier alpha value is -3.77. The van der Waals surface area contributed by atoms with Crippen LogP contribution in [-0.2, 0) is 32.0 Å². The molecule has 1 aromatic carbocycles. The number of nitrogens with zero attached hydrogens (tertiary/aromatic N) is 1. The van der Waals surface area contributed by atoms with E-state index in [1.54, 1.807) is 0 Å². The van der Waals surface area contributed by atoms with Gasteiger partial charge >= 0.3 is 5.97 Å². The standard InChI is InChI=1S/C27H41N7O5/c1-17(2)12-20(29)24(35)33-22(13-18-8-4-3-5-9-18)26(37)32-21(10-6-7-11-28)25(36)34-23(27(38)39)14-19-15-30-16-31-19/h3-5,8-9,15-17,20-23H,6-7,10-14,28-29H2,1-2H3,(H,30,31)(H,32,37)(H,33,35)(H,34,36)(H,38,39). The number of aliphatic carboxylic acids is 1. The number of H-pyrrole nitrogens is 1. The topological polar surface area (TPSA) is 205 Å². The lowest BCUT2D eigenvalue weighted by molar-refractivity contribution is -0.142. The van der Waals surface area contributed by atoms with Gasteiger partial charge in [0.1, 0.15) is 18.1 Å². The number of carboxylic acids is 1. The highest BCUT2D eigenvalue weighted by Gasteiger charge is 2.30. The summed E-state index contributed by atoms with van der Waals surface area (Å²) < 4.78 is 0. The molecule has 2 aromatic rings. The zero-order valence-corrected chi connectivity index (χ0v) is 22.6. The molecule has 0 aliphatic carbocycles. The van der Waals surface area contributed by atoms with E-state index in [2.05, 4.69) is 25.9 Å². The third-order valence-electron chi connectivity index (χ3n) is 6.15. The molecule has 4 unspecified atom stereocenters. The van der Waals surface area contributed by atoms with Crippen molar-refractivity contribution < 1.29 is 24.3 Å². The molecule has 0 fully saturated rings. The van der Waals surface area contributed by atoms with Crippen LogP contribution in [0, 0.1) is 5.92 Å². The summed E-state index contributed by atoms with van der Waals surface area (Å²) >= 11 is 0. The fourth-order valence-corrected chi connectivity index (χ4v) is 4.08. The molecule has 3 amide bonds. The first kappa shape index (κ1) is 31.4. The Bertz CT molecular complexity index is 1050. The summed E-state index contributed by atoms with van der Waals surface area (Å²) in [5, 5.41) is 17.6. The first-order valence-corrected chi connectivity index (χ1v) is 13.2. The number of hydrogen-bond acceptors (Lipinski definition) is 7. The molecule has 0 aliphatic rings. The lowest BCUT2D eigenvalue weighted by Gasteiger charge is -2.25. The Labute approximate surface area is 228 Å². The van der Waals surface area contributed by atoms with Gasteiger partial charge < -0.3 is 37.5 Å². The summed E-state index contributed by atoms with van der Waals surface area (Å²) in [6.07, 6.45) is 4.90. The highest BCUT2D eigenvalue weighted by atomic mass is 16.4. The highest BCUT2D eigenvalue weighted by molar-refractivity contribution is 5.94. The van der Waals surface area contributed by atoms with Crippen molar-refractivity contribution in [2.24, 2.45) is 17.4 Å². The number of amides is 3. The number of carbonyl (C=O) groups is 4. The first-order valence-electron chi connectivity index (χ1n) is 13.2. The molecule has 0 saturated heterocycles. The van der Waals surface area contributed by atoms with E-state index in [4.69, 9.17) is 11.5 Å². The van der Waals surface area contributed by atoms with E-state index in [1.165, 1.54) is 12.5 Å². The number of imidazole rings is 1. The van der Waals surface area contributed by atoms with E-state index < -0.39 is 47.9 Å². The van der Waals surface area contributed by atoms with Gasteiger partial charge in [-0.25, -0.2) is 9.78 Å². The molecule has 4 atom stereocenters. The van der Waals surface area contributed by atoms with E-state index in [9.17, 15) is 24.3 Å². The van der Waals surface area contributed by atoms with Gasteiger partial charge in [-0.15, -0.1) is 0 Å². The number of aromatic amines is 1. The van der Waals surface area contributed by atoms with Gasteiger partial charge in [-0.3, -0.25) is 14.4 Å². The van der Waals surface area contributed by atoms with Crippen LogP contribution in [0.15, 0.2) is 42.9 Å². The maximum absolute atomic E-state index is 13.5. The van der Waals surface area contributed by atoms with Crippen LogP contribution in [0.5, 0.6) is 0 Å². The summed E-state index contributed by atoms with van der Waals surface area (Å²) in [7, 11) is 0. The second-order valence-electron chi connectivity index (χ2n) is 10.0. The zero-order chi connectivity index (χ0) is 28.8. The smallest absolute Gasteiger partial charge is 0.326 e. The normalized spacial score (nSPS) is 14.2. The largest absolute Gasteiger partial charge is 0.480 e. The molecule has 1 heterocycles. The molecule has 0 saturated carbocycles. The second kappa shape index (κ2) is 16.2. The van der Waals surface area contributed by atoms with E-state index in [0.717, 1.165) is 5.56 Å². The minimum atomic E-state index is -1.24. The molecule has 0 radical (unpaired) electrons. The zero-order valence-electron chi connectivity index (χ0n) is 22.6. The van der Waals surface area contributed by atoms with Crippen molar-refractivity contribution in [2.45, 2.75) is 76.5 Å². The van der Waals surface area contributed by atoms with Gasteiger partial charge in [0.05, 0.1) is 12.4 Å². The van der Waals surface area contributed by atoms with Gasteiger partial charge in [0.15, 0.2) is 0 Å². The van der Waals surface area contributed by atoms with E-state index in [-0.39, 0.29) is 25.2 Å². The van der Waals surface area contributed by atoms with Crippen LogP contribution in [0.25, 0.3) is 0 Å². The molecule has 0 spiro atoms. The second-order valence-corrected chi connectivity index (χ2v) is 10.0. The van der Waals surface area contributed by atoms with Gasteiger partial charge in [0, 0.05) is 24.7 Å². The van der Waals surface area contributed by atoms with Crippen LogP contribution < -0.4 is 27.4 Å². The Morgan fingerprint density at radius 1 is 0.923 bits per heavy atom. The van der Waals surface area contributed by atoms with Gasteiger partial charge in [-0.1, -0.05) is 44.2 Å². The van der Waals surface area contributed by atoms with E-state index in [1.807, 2.05) is 44.2 Å². The number of benzene rings is 1. The van der Waals surface area contributed by atoms with Crippen molar-refractivity contribution in [2.75, 3.05) is 6.54 Å². The van der Waals surface area contributed by atoms with Gasteiger partial charge in [-0.2, -0.15) is 0 Å². The summed E-state index contributed by atoms with van der Waals surface area (Å²) in [5.74, 6) is -2.72. The van der Waals surface area contributed by atoms with Crippen LogP contribution >= 0.6 is 0 Å². The van der Waals surface area contributed by atoms with Crippen molar-refractivity contribution in [1.82, 2.24) is 25.9 Å². The Balaban J connectivity index is 2.20. The molecule has 214 valence electrons. The molecule has 0 aliphatic heterocycles. The number of nitrogens with one attached hydrogen (secondary N) is 4. The Morgan fingerprint density at radius 2 is 1.56 bits per heavy atom. The monoisotopic (exact) mass is 543 g/mol. The van der Waals surface area contributed by atoms with Gasteiger partial charge in [0.25, 0.3) is 0 Å². The fourth-order valence-electron chi connectivity index (χ4n) is 4.08. The first-order chi connectivity index (χ1) is 18.6. The molecule has 9 N–H and O–H groups in total. The van der Waals surface area contributed by atoms with Crippen molar-refractivity contribution in [1.29, 1.82) is 0 Å². The third-order valence-corrected chi connectivity index (χ3v) is 6.15. The SMILES string of the molecule is CC(C)CC(N)C(=O)NC(Cc1ccccc1)C(=O)NC(CCCCN)C(=O)NC(Cc1cnc[nH]1)C(=O)O. The van der Waals surface area contributed by atoms with E-state index in [0.29, 0.717) is 31.5 Å². The average Bonchev–Trinajstić information content (AvgIpc) is 3.40. The number of carbonyl (C=O) groups excluding carboxylic acids is 3. The maximum atomic E-state index is 13.5. The number of unbranched alkanes of at least 4 members (excludes halogenated alkanes) is 1. The van der Waals surface area contributed by atoms with Crippen molar-refractivity contribution >= 4 is 23.7 Å². The van der Waals surface area contributed by atoms with Crippen molar-refractivity contribution in [3.8, 4) is 0 Å².